The van der Waals surface area contributed by atoms with Gasteiger partial charge in [0.1, 0.15) is 11.6 Å². The fourth-order valence-electron chi connectivity index (χ4n) is 2.30. The van der Waals surface area contributed by atoms with Crippen LogP contribution in [0.5, 0.6) is 0 Å². The van der Waals surface area contributed by atoms with E-state index in [1.807, 2.05) is 37.3 Å². The van der Waals surface area contributed by atoms with Gasteiger partial charge in [0.25, 0.3) is 5.69 Å². The van der Waals surface area contributed by atoms with E-state index < -0.39 is 10.7 Å². The van der Waals surface area contributed by atoms with Crippen LogP contribution in [0.2, 0.25) is 0 Å². The predicted molar refractivity (Wildman–Crippen MR) is 86.5 cm³/mol. The number of anilines is 1. The van der Waals surface area contributed by atoms with Gasteiger partial charge in [0.05, 0.1) is 16.7 Å². The Labute approximate surface area is 136 Å². The van der Waals surface area contributed by atoms with E-state index in [9.17, 15) is 14.5 Å². The van der Waals surface area contributed by atoms with Crippen LogP contribution >= 0.6 is 0 Å². The van der Waals surface area contributed by atoms with E-state index >= 15 is 0 Å². The molecule has 0 amide bonds. The summed E-state index contributed by atoms with van der Waals surface area (Å²) in [5.41, 5.74) is 1.03. The van der Waals surface area contributed by atoms with Gasteiger partial charge >= 0.3 is 0 Å². The Morgan fingerprint density at radius 1 is 1.25 bits per heavy atom. The quantitative estimate of drug-likeness (QED) is 0.574. The summed E-state index contributed by atoms with van der Waals surface area (Å²) in [6, 6.07) is 13.0. The van der Waals surface area contributed by atoms with Crippen molar-refractivity contribution in [1.82, 2.24) is 14.8 Å². The zero-order valence-corrected chi connectivity index (χ0v) is 12.8. The Morgan fingerprint density at radius 2 is 2.00 bits per heavy atom. The number of nitro groups is 1. The SMILES string of the molecule is Cc1nc(NCc2cc(F)cc([N+](=O)[O-])c2)nn1-c1ccccc1. The van der Waals surface area contributed by atoms with E-state index in [1.165, 1.54) is 12.1 Å². The van der Waals surface area contributed by atoms with Crippen molar-refractivity contribution < 1.29 is 9.31 Å². The van der Waals surface area contributed by atoms with Crippen molar-refractivity contribution in [2.45, 2.75) is 13.5 Å². The highest BCUT2D eigenvalue weighted by Crippen LogP contribution is 2.17. The predicted octanol–water partition coefficient (Wildman–Crippen LogP) is 3.24. The number of nitro benzene ring substituents is 1. The lowest BCUT2D eigenvalue weighted by molar-refractivity contribution is -0.385. The lowest BCUT2D eigenvalue weighted by atomic mass is 10.2. The number of halogens is 1. The molecule has 0 unspecified atom stereocenters. The first kappa shape index (κ1) is 15.6. The van der Waals surface area contributed by atoms with Crippen molar-refractivity contribution in [2.75, 3.05) is 5.32 Å². The maximum atomic E-state index is 13.4. The average Bonchev–Trinajstić information content (AvgIpc) is 2.94. The highest BCUT2D eigenvalue weighted by molar-refractivity contribution is 5.38. The summed E-state index contributed by atoms with van der Waals surface area (Å²) in [5.74, 6) is 0.400. The molecule has 0 aliphatic rings. The highest BCUT2D eigenvalue weighted by atomic mass is 19.1. The number of non-ortho nitro benzene ring substituents is 1. The minimum Gasteiger partial charge on any atom is -0.349 e. The molecule has 2 aromatic carbocycles. The fourth-order valence-corrected chi connectivity index (χ4v) is 2.30. The van der Waals surface area contributed by atoms with Crippen LogP contribution in [0.3, 0.4) is 0 Å². The molecule has 0 radical (unpaired) electrons. The first-order valence-electron chi connectivity index (χ1n) is 7.20. The van der Waals surface area contributed by atoms with Gasteiger partial charge in [0.2, 0.25) is 5.95 Å². The van der Waals surface area contributed by atoms with Gasteiger partial charge in [-0.2, -0.15) is 4.98 Å². The minimum absolute atomic E-state index is 0.177. The number of para-hydroxylation sites is 1. The van der Waals surface area contributed by atoms with Crippen molar-refractivity contribution in [2.24, 2.45) is 0 Å². The van der Waals surface area contributed by atoms with Crippen molar-refractivity contribution in [3.63, 3.8) is 0 Å². The molecule has 0 fully saturated rings. The van der Waals surface area contributed by atoms with Gasteiger partial charge in [-0.15, -0.1) is 5.10 Å². The first-order chi connectivity index (χ1) is 11.5. The third-order valence-electron chi connectivity index (χ3n) is 3.37. The lowest BCUT2D eigenvalue weighted by Crippen LogP contribution is -2.03. The van der Waals surface area contributed by atoms with E-state index in [0.717, 1.165) is 11.8 Å². The number of aryl methyl sites for hydroxylation is 1. The van der Waals surface area contributed by atoms with Crippen LogP contribution in [0.25, 0.3) is 5.69 Å². The minimum atomic E-state index is -0.653. The molecule has 0 spiro atoms. The highest BCUT2D eigenvalue weighted by Gasteiger charge is 2.11. The van der Waals surface area contributed by atoms with E-state index in [-0.39, 0.29) is 12.2 Å². The van der Waals surface area contributed by atoms with Crippen molar-refractivity contribution in [3.8, 4) is 5.69 Å². The number of aromatic nitrogens is 3. The van der Waals surface area contributed by atoms with Crippen molar-refractivity contribution in [3.05, 3.63) is 75.9 Å². The summed E-state index contributed by atoms with van der Waals surface area (Å²) in [7, 11) is 0. The zero-order chi connectivity index (χ0) is 17.1. The summed E-state index contributed by atoms with van der Waals surface area (Å²) in [6.07, 6.45) is 0. The molecule has 8 heteroatoms. The van der Waals surface area contributed by atoms with Gasteiger partial charge in [-0.25, -0.2) is 9.07 Å². The molecule has 0 atom stereocenters. The Kier molecular flexibility index (Phi) is 4.19. The molecule has 1 heterocycles. The van der Waals surface area contributed by atoms with Gasteiger partial charge in [0.15, 0.2) is 0 Å². The molecule has 0 saturated heterocycles. The van der Waals surface area contributed by atoms with Crippen molar-refractivity contribution >= 4 is 11.6 Å². The maximum absolute atomic E-state index is 13.4. The number of nitrogens with zero attached hydrogens (tertiary/aromatic N) is 4. The van der Waals surface area contributed by atoms with Crippen molar-refractivity contribution in [1.29, 1.82) is 0 Å². The van der Waals surface area contributed by atoms with E-state index in [1.54, 1.807) is 4.68 Å². The molecule has 3 aromatic rings. The number of hydrogen-bond acceptors (Lipinski definition) is 5. The molecule has 3 rings (SSSR count). The van der Waals surface area contributed by atoms with Gasteiger partial charge in [-0.05, 0) is 30.7 Å². The Bertz CT molecular complexity index is 879. The van der Waals surface area contributed by atoms with Crippen LogP contribution < -0.4 is 5.32 Å². The first-order valence-corrected chi connectivity index (χ1v) is 7.20. The Morgan fingerprint density at radius 3 is 2.71 bits per heavy atom. The molecule has 0 bridgehead atoms. The molecule has 24 heavy (non-hydrogen) atoms. The average molecular weight is 327 g/mol. The molecular weight excluding hydrogens is 313 g/mol. The van der Waals surface area contributed by atoms with Crippen LogP contribution in [0.1, 0.15) is 11.4 Å². The molecule has 122 valence electrons. The largest absolute Gasteiger partial charge is 0.349 e. The molecule has 0 aliphatic heterocycles. The number of hydrogen-bond donors (Lipinski definition) is 1. The smallest absolute Gasteiger partial charge is 0.272 e. The number of rotatable bonds is 5. The summed E-state index contributed by atoms with van der Waals surface area (Å²) in [4.78, 5) is 14.4. The lowest BCUT2D eigenvalue weighted by Gasteiger charge is -2.03. The van der Waals surface area contributed by atoms with E-state index in [2.05, 4.69) is 15.4 Å². The summed E-state index contributed by atoms with van der Waals surface area (Å²) < 4.78 is 15.1. The van der Waals surface area contributed by atoms with Gasteiger partial charge in [0, 0.05) is 12.6 Å². The van der Waals surface area contributed by atoms with Crippen LogP contribution in [0.15, 0.2) is 48.5 Å². The van der Waals surface area contributed by atoms with Crippen LogP contribution in [0, 0.1) is 22.9 Å². The van der Waals surface area contributed by atoms with Crippen LogP contribution in [-0.4, -0.2) is 19.7 Å². The van der Waals surface area contributed by atoms with E-state index in [0.29, 0.717) is 17.3 Å². The van der Waals surface area contributed by atoms with Gasteiger partial charge in [-0.3, -0.25) is 10.1 Å². The normalized spacial score (nSPS) is 10.6. The summed E-state index contributed by atoms with van der Waals surface area (Å²) >= 11 is 0. The molecule has 0 aliphatic carbocycles. The third-order valence-corrected chi connectivity index (χ3v) is 3.37. The second-order valence-corrected chi connectivity index (χ2v) is 5.16. The second-order valence-electron chi connectivity index (χ2n) is 5.16. The Hall–Kier alpha value is -3.29. The number of nitrogens with one attached hydrogen (secondary N) is 1. The fraction of sp³-hybridized carbons (Fsp3) is 0.125. The van der Waals surface area contributed by atoms with Gasteiger partial charge in [-0.1, -0.05) is 18.2 Å². The summed E-state index contributed by atoms with van der Waals surface area (Å²) in [6.45, 7) is 2.00. The standard InChI is InChI=1S/C16H14FN5O2/c1-11-19-16(20-21(11)14-5-3-2-4-6-14)18-10-12-7-13(17)9-15(8-12)22(23)24/h2-9H,10H2,1H3,(H,18,20). The molecule has 1 aromatic heterocycles. The van der Waals surface area contributed by atoms with Crippen LogP contribution in [-0.2, 0) is 6.54 Å². The summed E-state index contributed by atoms with van der Waals surface area (Å²) in [5, 5.41) is 18.1. The van der Waals surface area contributed by atoms with Crippen LogP contribution in [0.4, 0.5) is 16.0 Å². The third kappa shape index (κ3) is 3.37. The molecular formula is C16H14FN5O2. The molecule has 7 nitrogen and oxygen atoms in total. The zero-order valence-electron chi connectivity index (χ0n) is 12.8. The number of benzene rings is 2. The second kappa shape index (κ2) is 6.45. The molecule has 1 N–H and O–H groups in total. The monoisotopic (exact) mass is 327 g/mol. The molecule has 0 saturated carbocycles. The maximum Gasteiger partial charge on any atom is 0.272 e. The van der Waals surface area contributed by atoms with Gasteiger partial charge < -0.3 is 5.32 Å². The Balaban J connectivity index is 1.77. The topological polar surface area (TPSA) is 85.9 Å². The van der Waals surface area contributed by atoms with E-state index in [4.69, 9.17) is 0 Å².